The molecule has 0 bridgehead atoms. The number of nitrogens with zero attached hydrogens (tertiary/aromatic N) is 4. The number of para-hydroxylation sites is 1. The van der Waals surface area contributed by atoms with Gasteiger partial charge in [-0.1, -0.05) is 18.2 Å². The van der Waals surface area contributed by atoms with Crippen molar-refractivity contribution in [3.8, 4) is 5.69 Å². The predicted molar refractivity (Wildman–Crippen MR) is 71.7 cm³/mol. The van der Waals surface area contributed by atoms with Gasteiger partial charge in [0.2, 0.25) is 0 Å². The van der Waals surface area contributed by atoms with E-state index in [1.54, 1.807) is 11.8 Å². The lowest BCUT2D eigenvalue weighted by Crippen LogP contribution is -2.05. The van der Waals surface area contributed by atoms with Crippen LogP contribution in [-0.4, -0.2) is 32.4 Å². The smallest absolute Gasteiger partial charge is 0.159 e. The third kappa shape index (κ3) is 3.10. The van der Waals surface area contributed by atoms with Gasteiger partial charge in [0.25, 0.3) is 0 Å². The van der Waals surface area contributed by atoms with Gasteiger partial charge < -0.3 is 4.74 Å². The molecule has 6 heteroatoms. The molecular formula is C12H14N4OS. The van der Waals surface area contributed by atoms with Gasteiger partial charge in [-0.15, -0.1) is 5.10 Å². The molecule has 0 unspecified atom stereocenters. The average molecular weight is 262 g/mol. The van der Waals surface area contributed by atoms with Crippen molar-refractivity contribution < 1.29 is 4.74 Å². The third-order valence-corrected chi connectivity index (χ3v) is 2.91. The Kier molecular flexibility index (Phi) is 4.35. The number of hydrogen-bond donors (Lipinski definition) is 0. The molecule has 0 aliphatic rings. The minimum Gasteiger partial charge on any atom is -0.490 e. The Morgan fingerprint density at radius 2 is 2.11 bits per heavy atom. The lowest BCUT2D eigenvalue weighted by Gasteiger charge is -2.04. The topological polar surface area (TPSA) is 52.8 Å². The summed E-state index contributed by atoms with van der Waals surface area (Å²) in [5.41, 5.74) is 0.965. The molecule has 0 saturated heterocycles. The monoisotopic (exact) mass is 262 g/mol. The molecule has 5 nitrogen and oxygen atoms in total. The van der Waals surface area contributed by atoms with Crippen molar-refractivity contribution in [2.24, 2.45) is 0 Å². The first-order valence-electron chi connectivity index (χ1n) is 5.71. The van der Waals surface area contributed by atoms with Crippen LogP contribution in [0.2, 0.25) is 0 Å². The fourth-order valence-corrected chi connectivity index (χ4v) is 1.77. The highest BCUT2D eigenvalue weighted by Gasteiger charge is 2.08. The normalized spacial score (nSPS) is 10.3. The second-order valence-electron chi connectivity index (χ2n) is 3.77. The maximum absolute atomic E-state index is 5.00. The number of hydrogen-bond acceptors (Lipinski definition) is 5. The van der Waals surface area contributed by atoms with Crippen LogP contribution >= 0.6 is 12.2 Å². The Hall–Kier alpha value is -1.82. The molecule has 1 heterocycles. The zero-order valence-corrected chi connectivity index (χ0v) is 10.9. The molecule has 0 atom stereocenters. The van der Waals surface area contributed by atoms with Crippen molar-refractivity contribution in [1.29, 1.82) is 0 Å². The lowest BCUT2D eigenvalue weighted by atomic mass is 10.2. The van der Waals surface area contributed by atoms with Crippen molar-refractivity contribution in [3.05, 3.63) is 36.2 Å². The fourth-order valence-electron chi connectivity index (χ4n) is 1.62. The van der Waals surface area contributed by atoms with Crippen LogP contribution in [0.5, 0.6) is 0 Å². The van der Waals surface area contributed by atoms with Crippen molar-refractivity contribution >= 4 is 17.3 Å². The second-order valence-corrected chi connectivity index (χ2v) is 4.23. The molecule has 0 radical (unpaired) electrons. The summed E-state index contributed by atoms with van der Waals surface area (Å²) in [6.45, 7) is 0. The highest BCUT2D eigenvalue weighted by molar-refractivity contribution is 7.80. The van der Waals surface area contributed by atoms with E-state index in [9.17, 15) is 0 Å². The van der Waals surface area contributed by atoms with Gasteiger partial charge in [-0.2, -0.15) is 4.68 Å². The highest BCUT2D eigenvalue weighted by atomic mass is 32.1. The van der Waals surface area contributed by atoms with Crippen LogP contribution in [0.3, 0.4) is 0 Å². The van der Waals surface area contributed by atoms with E-state index < -0.39 is 0 Å². The second kappa shape index (κ2) is 6.20. The number of rotatable bonds is 5. The van der Waals surface area contributed by atoms with Gasteiger partial charge in [0.05, 0.1) is 12.8 Å². The Morgan fingerprint density at radius 3 is 2.83 bits per heavy atom. The van der Waals surface area contributed by atoms with Crippen molar-refractivity contribution in [2.45, 2.75) is 19.3 Å². The van der Waals surface area contributed by atoms with Crippen LogP contribution in [0.25, 0.3) is 5.69 Å². The number of aromatic nitrogens is 4. The molecule has 2 aromatic rings. The summed E-state index contributed by atoms with van der Waals surface area (Å²) in [6.07, 6.45) is 2.39. The van der Waals surface area contributed by atoms with Gasteiger partial charge in [-0.25, -0.2) is 0 Å². The number of tetrazole rings is 1. The van der Waals surface area contributed by atoms with E-state index in [0.717, 1.165) is 30.8 Å². The van der Waals surface area contributed by atoms with Gasteiger partial charge in [-0.05, 0) is 41.2 Å². The van der Waals surface area contributed by atoms with Crippen LogP contribution < -0.4 is 0 Å². The van der Waals surface area contributed by atoms with Crippen LogP contribution in [0.4, 0.5) is 0 Å². The molecule has 0 fully saturated rings. The number of thiocarbonyl (C=S) groups is 1. The highest BCUT2D eigenvalue weighted by Crippen LogP contribution is 2.09. The largest absolute Gasteiger partial charge is 0.490 e. The van der Waals surface area contributed by atoms with E-state index in [0.29, 0.717) is 5.05 Å². The van der Waals surface area contributed by atoms with E-state index in [1.807, 2.05) is 30.3 Å². The van der Waals surface area contributed by atoms with Crippen molar-refractivity contribution in [2.75, 3.05) is 7.11 Å². The molecule has 0 N–H and O–H groups in total. The van der Waals surface area contributed by atoms with Crippen LogP contribution in [-0.2, 0) is 11.2 Å². The molecule has 0 aliphatic heterocycles. The van der Waals surface area contributed by atoms with Crippen molar-refractivity contribution in [3.63, 3.8) is 0 Å². The number of benzene rings is 1. The van der Waals surface area contributed by atoms with E-state index in [-0.39, 0.29) is 0 Å². The molecule has 0 spiro atoms. The van der Waals surface area contributed by atoms with Crippen LogP contribution in [0.15, 0.2) is 30.3 Å². The summed E-state index contributed by atoms with van der Waals surface area (Å²) in [4.78, 5) is 0. The quantitative estimate of drug-likeness (QED) is 0.771. The molecule has 0 amide bonds. The van der Waals surface area contributed by atoms with E-state index in [4.69, 9.17) is 17.0 Å². The van der Waals surface area contributed by atoms with Gasteiger partial charge in [0.1, 0.15) is 0 Å². The maximum atomic E-state index is 5.00. The van der Waals surface area contributed by atoms with E-state index in [1.165, 1.54) is 0 Å². The summed E-state index contributed by atoms with van der Waals surface area (Å²) in [5.74, 6) is 0.833. The number of aryl methyl sites for hydroxylation is 1. The SMILES string of the molecule is COC(=S)CCCc1nnnn1-c1ccccc1. The minimum absolute atomic E-state index is 0.619. The summed E-state index contributed by atoms with van der Waals surface area (Å²) in [6, 6.07) is 9.82. The third-order valence-electron chi connectivity index (χ3n) is 2.54. The molecule has 1 aromatic carbocycles. The summed E-state index contributed by atoms with van der Waals surface area (Å²) < 4.78 is 6.70. The van der Waals surface area contributed by atoms with Gasteiger partial charge in [0, 0.05) is 12.8 Å². The number of ether oxygens (including phenoxy) is 1. The molecule has 18 heavy (non-hydrogen) atoms. The minimum atomic E-state index is 0.619. The first kappa shape index (κ1) is 12.6. The van der Waals surface area contributed by atoms with Crippen molar-refractivity contribution in [1.82, 2.24) is 20.2 Å². The summed E-state index contributed by atoms with van der Waals surface area (Å²) in [5, 5.41) is 12.4. The first-order chi connectivity index (χ1) is 8.81. The Bertz CT molecular complexity index is 512. The number of methoxy groups -OCH3 is 1. The Balaban J connectivity index is 2.03. The maximum Gasteiger partial charge on any atom is 0.159 e. The first-order valence-corrected chi connectivity index (χ1v) is 6.11. The van der Waals surface area contributed by atoms with E-state index in [2.05, 4.69) is 15.5 Å². The summed E-state index contributed by atoms with van der Waals surface area (Å²) in [7, 11) is 1.59. The van der Waals surface area contributed by atoms with Crippen LogP contribution in [0, 0.1) is 0 Å². The van der Waals surface area contributed by atoms with Crippen LogP contribution in [0.1, 0.15) is 18.7 Å². The fraction of sp³-hybridized carbons (Fsp3) is 0.333. The molecule has 94 valence electrons. The molecule has 1 aromatic heterocycles. The standard InChI is InChI=1S/C12H14N4OS/c1-17-12(18)9-5-8-11-13-14-15-16(11)10-6-3-2-4-7-10/h2-4,6-7H,5,8-9H2,1H3. The molecule has 0 aliphatic carbocycles. The average Bonchev–Trinajstić information content (AvgIpc) is 2.88. The lowest BCUT2D eigenvalue weighted by molar-refractivity contribution is 0.400. The Morgan fingerprint density at radius 1 is 1.33 bits per heavy atom. The summed E-state index contributed by atoms with van der Waals surface area (Å²) >= 11 is 5.00. The predicted octanol–water partition coefficient (Wildman–Crippen LogP) is 1.96. The van der Waals surface area contributed by atoms with Gasteiger partial charge in [0.15, 0.2) is 10.9 Å². The molecule has 2 rings (SSSR count). The molecule has 0 saturated carbocycles. The van der Waals surface area contributed by atoms with Gasteiger partial charge >= 0.3 is 0 Å². The zero-order chi connectivity index (χ0) is 12.8. The van der Waals surface area contributed by atoms with E-state index >= 15 is 0 Å². The molecular weight excluding hydrogens is 248 g/mol. The Labute approximate surface area is 111 Å². The zero-order valence-electron chi connectivity index (χ0n) is 10.1. The van der Waals surface area contributed by atoms with Gasteiger partial charge in [-0.3, -0.25) is 0 Å².